The van der Waals surface area contributed by atoms with Gasteiger partial charge >= 0.3 is 5.97 Å². The maximum atomic E-state index is 12.4. The monoisotopic (exact) mass is 210 g/mol. The van der Waals surface area contributed by atoms with E-state index in [1.807, 2.05) is 6.07 Å². The molecule has 1 atom stereocenters. The van der Waals surface area contributed by atoms with E-state index in [1.165, 1.54) is 6.92 Å². The maximum Gasteiger partial charge on any atom is 0.338 e. The summed E-state index contributed by atoms with van der Waals surface area (Å²) in [6.45, 7) is 1.78. The molecule has 0 saturated heterocycles. The molecule has 0 heterocycles. The van der Waals surface area contributed by atoms with E-state index in [0.29, 0.717) is 18.4 Å². The summed E-state index contributed by atoms with van der Waals surface area (Å²) >= 11 is 0. The minimum Gasteiger partial charge on any atom is -0.462 e. The second kappa shape index (κ2) is 6.17. The van der Waals surface area contributed by atoms with Crippen LogP contribution in [0.2, 0.25) is 0 Å². The summed E-state index contributed by atoms with van der Waals surface area (Å²) in [6.07, 6.45) is 0.165. The number of hydrogen-bond donors (Lipinski definition) is 0. The lowest BCUT2D eigenvalue weighted by Gasteiger charge is -2.04. The summed E-state index contributed by atoms with van der Waals surface area (Å²) in [4.78, 5) is 11.4. The number of esters is 1. The second-order valence-corrected chi connectivity index (χ2v) is 3.42. The van der Waals surface area contributed by atoms with E-state index in [0.717, 1.165) is 0 Å². The van der Waals surface area contributed by atoms with Crippen LogP contribution in [-0.2, 0) is 4.74 Å². The van der Waals surface area contributed by atoms with Crippen LogP contribution in [0.4, 0.5) is 4.39 Å². The van der Waals surface area contributed by atoms with Crippen LogP contribution in [0, 0.1) is 0 Å². The Morgan fingerprint density at radius 1 is 1.40 bits per heavy atom. The van der Waals surface area contributed by atoms with Crippen molar-refractivity contribution in [2.45, 2.75) is 25.9 Å². The van der Waals surface area contributed by atoms with Gasteiger partial charge in [-0.2, -0.15) is 0 Å². The van der Waals surface area contributed by atoms with E-state index in [2.05, 4.69) is 0 Å². The van der Waals surface area contributed by atoms with Gasteiger partial charge in [-0.25, -0.2) is 9.18 Å². The first-order chi connectivity index (χ1) is 7.20. The Bertz CT molecular complexity index is 296. The van der Waals surface area contributed by atoms with Crippen LogP contribution in [0.5, 0.6) is 0 Å². The van der Waals surface area contributed by atoms with Crippen LogP contribution in [-0.4, -0.2) is 18.7 Å². The first-order valence-corrected chi connectivity index (χ1v) is 5.06. The molecule has 0 fully saturated rings. The number of ether oxygens (including phenoxy) is 1. The first kappa shape index (κ1) is 11.7. The summed E-state index contributed by atoms with van der Waals surface area (Å²) in [5.41, 5.74) is 0.533. The van der Waals surface area contributed by atoms with Crippen molar-refractivity contribution < 1.29 is 13.9 Å². The third-order valence-corrected chi connectivity index (χ3v) is 1.99. The fourth-order valence-electron chi connectivity index (χ4n) is 1.19. The quantitative estimate of drug-likeness (QED) is 0.551. The summed E-state index contributed by atoms with van der Waals surface area (Å²) in [5, 5.41) is 0. The maximum absolute atomic E-state index is 12.4. The zero-order valence-electron chi connectivity index (χ0n) is 8.78. The van der Waals surface area contributed by atoms with Gasteiger partial charge in [0.15, 0.2) is 0 Å². The molecule has 0 bridgehead atoms. The lowest BCUT2D eigenvalue weighted by molar-refractivity contribution is 0.0491. The molecule has 15 heavy (non-hydrogen) atoms. The number of carbonyl (C=O) groups excluding carboxylic acids is 1. The normalized spacial score (nSPS) is 12.1. The molecule has 0 unspecified atom stereocenters. The fourth-order valence-corrected chi connectivity index (χ4v) is 1.19. The van der Waals surface area contributed by atoms with Crippen LogP contribution in [0.25, 0.3) is 0 Å². The average Bonchev–Trinajstić information content (AvgIpc) is 2.25. The Labute approximate surface area is 89.1 Å². The SMILES string of the molecule is C[C@@H](F)CCCOC(=O)c1ccccc1. The third-order valence-electron chi connectivity index (χ3n) is 1.99. The highest BCUT2D eigenvalue weighted by Crippen LogP contribution is 2.04. The van der Waals surface area contributed by atoms with Crippen LogP contribution in [0.3, 0.4) is 0 Å². The van der Waals surface area contributed by atoms with Crippen molar-refractivity contribution in [3.8, 4) is 0 Å². The first-order valence-electron chi connectivity index (χ1n) is 5.06. The molecule has 0 aromatic heterocycles. The molecule has 2 nitrogen and oxygen atoms in total. The Balaban J connectivity index is 2.25. The van der Waals surface area contributed by atoms with Crippen molar-refractivity contribution >= 4 is 5.97 Å². The van der Waals surface area contributed by atoms with Crippen LogP contribution < -0.4 is 0 Å². The molecule has 3 heteroatoms. The van der Waals surface area contributed by atoms with E-state index in [9.17, 15) is 9.18 Å². The van der Waals surface area contributed by atoms with Gasteiger partial charge in [0.2, 0.25) is 0 Å². The molecule has 0 aliphatic carbocycles. The Hall–Kier alpha value is -1.38. The molecule has 1 aromatic rings. The molecule has 0 amide bonds. The highest BCUT2D eigenvalue weighted by Gasteiger charge is 2.05. The van der Waals surface area contributed by atoms with Gasteiger partial charge in [0.25, 0.3) is 0 Å². The van der Waals surface area contributed by atoms with Crippen molar-refractivity contribution in [1.82, 2.24) is 0 Å². The molecule has 0 saturated carbocycles. The van der Waals surface area contributed by atoms with E-state index < -0.39 is 6.17 Å². The Kier molecular flexibility index (Phi) is 4.81. The predicted octanol–water partition coefficient (Wildman–Crippen LogP) is 2.98. The number of rotatable bonds is 5. The van der Waals surface area contributed by atoms with Crippen molar-refractivity contribution in [2.24, 2.45) is 0 Å². The Morgan fingerprint density at radius 3 is 2.67 bits per heavy atom. The largest absolute Gasteiger partial charge is 0.462 e. The summed E-state index contributed by atoms with van der Waals surface area (Å²) in [6, 6.07) is 8.78. The number of alkyl halides is 1. The highest BCUT2D eigenvalue weighted by atomic mass is 19.1. The van der Waals surface area contributed by atoms with E-state index >= 15 is 0 Å². The van der Waals surface area contributed by atoms with Crippen LogP contribution >= 0.6 is 0 Å². The van der Waals surface area contributed by atoms with Gasteiger partial charge in [-0.15, -0.1) is 0 Å². The molecule has 0 radical (unpaired) electrons. The minimum atomic E-state index is -0.833. The predicted molar refractivity (Wildman–Crippen MR) is 56.5 cm³/mol. The number of hydrogen-bond acceptors (Lipinski definition) is 2. The van der Waals surface area contributed by atoms with Crippen LogP contribution in [0.1, 0.15) is 30.1 Å². The average molecular weight is 210 g/mol. The summed E-state index contributed by atoms with van der Waals surface area (Å²) in [7, 11) is 0. The van der Waals surface area contributed by atoms with Gasteiger partial charge in [-0.1, -0.05) is 18.2 Å². The number of benzene rings is 1. The number of halogens is 1. The third kappa shape index (κ3) is 4.58. The minimum absolute atomic E-state index is 0.280. The smallest absolute Gasteiger partial charge is 0.338 e. The van der Waals surface area contributed by atoms with Gasteiger partial charge in [0.05, 0.1) is 18.3 Å². The van der Waals surface area contributed by atoms with E-state index in [4.69, 9.17) is 4.74 Å². The number of carbonyl (C=O) groups is 1. The molecule has 82 valence electrons. The molecule has 1 aromatic carbocycles. The van der Waals surface area contributed by atoms with Gasteiger partial charge in [-0.3, -0.25) is 0 Å². The molecular formula is C12H15FO2. The lowest BCUT2D eigenvalue weighted by atomic mass is 10.2. The standard InChI is InChI=1S/C12H15FO2/c1-10(13)6-5-9-15-12(14)11-7-3-2-4-8-11/h2-4,7-8,10H,5-6,9H2,1H3/t10-/m1/s1. The zero-order valence-corrected chi connectivity index (χ0v) is 8.78. The Morgan fingerprint density at radius 2 is 2.07 bits per heavy atom. The molecule has 0 aliphatic rings. The second-order valence-electron chi connectivity index (χ2n) is 3.42. The van der Waals surface area contributed by atoms with Gasteiger partial charge in [0.1, 0.15) is 0 Å². The highest BCUT2D eigenvalue weighted by molar-refractivity contribution is 5.89. The van der Waals surface area contributed by atoms with Crippen molar-refractivity contribution in [3.63, 3.8) is 0 Å². The van der Waals surface area contributed by atoms with E-state index in [1.54, 1.807) is 24.3 Å². The fraction of sp³-hybridized carbons (Fsp3) is 0.417. The van der Waals surface area contributed by atoms with Gasteiger partial charge in [0, 0.05) is 0 Å². The van der Waals surface area contributed by atoms with Crippen LogP contribution in [0.15, 0.2) is 30.3 Å². The van der Waals surface area contributed by atoms with Crippen molar-refractivity contribution in [1.29, 1.82) is 0 Å². The summed E-state index contributed by atoms with van der Waals surface area (Å²) in [5.74, 6) is -0.345. The van der Waals surface area contributed by atoms with Gasteiger partial charge in [-0.05, 0) is 31.9 Å². The molecule has 0 N–H and O–H groups in total. The van der Waals surface area contributed by atoms with E-state index in [-0.39, 0.29) is 12.6 Å². The lowest BCUT2D eigenvalue weighted by Crippen LogP contribution is -2.07. The van der Waals surface area contributed by atoms with Crippen molar-refractivity contribution in [2.75, 3.05) is 6.61 Å². The van der Waals surface area contributed by atoms with Gasteiger partial charge < -0.3 is 4.74 Å². The molecular weight excluding hydrogens is 195 g/mol. The molecule has 1 rings (SSSR count). The zero-order chi connectivity index (χ0) is 11.1. The molecule has 0 aliphatic heterocycles. The van der Waals surface area contributed by atoms with Crippen molar-refractivity contribution in [3.05, 3.63) is 35.9 Å². The molecule has 0 spiro atoms. The topological polar surface area (TPSA) is 26.3 Å². The summed E-state index contributed by atoms with van der Waals surface area (Å²) < 4.78 is 17.4.